The monoisotopic (exact) mass is 299 g/mol. The van der Waals surface area contributed by atoms with Gasteiger partial charge in [-0.2, -0.15) is 4.31 Å². The summed E-state index contributed by atoms with van der Waals surface area (Å²) in [6.07, 6.45) is 0.651. The zero-order chi connectivity index (χ0) is 14.6. The summed E-state index contributed by atoms with van der Waals surface area (Å²) in [6, 6.07) is 6.76. The van der Waals surface area contributed by atoms with Crippen LogP contribution in [0, 0.1) is 0 Å². The highest BCUT2D eigenvalue weighted by Crippen LogP contribution is 2.15. The molecule has 1 saturated heterocycles. The zero-order valence-corrected chi connectivity index (χ0v) is 11.8. The van der Waals surface area contributed by atoms with Gasteiger partial charge in [-0.25, -0.2) is 8.42 Å². The molecule has 0 saturated carbocycles. The molecule has 1 aliphatic heterocycles. The summed E-state index contributed by atoms with van der Waals surface area (Å²) in [6.45, 7) is 1.19. The molecule has 1 fully saturated rings. The van der Waals surface area contributed by atoms with Gasteiger partial charge in [-0.1, -0.05) is 12.1 Å². The van der Waals surface area contributed by atoms with Gasteiger partial charge in [0.05, 0.1) is 12.2 Å². The molecule has 0 bridgehead atoms. The first-order valence-corrected chi connectivity index (χ1v) is 8.00. The van der Waals surface area contributed by atoms with Crippen molar-refractivity contribution in [3.8, 4) is 5.75 Å². The Kier molecular flexibility index (Phi) is 4.61. The minimum absolute atomic E-state index is 0.0215. The van der Waals surface area contributed by atoms with Crippen LogP contribution in [0.25, 0.3) is 0 Å². The second kappa shape index (κ2) is 6.23. The van der Waals surface area contributed by atoms with Crippen molar-refractivity contribution < 1.29 is 23.1 Å². The van der Waals surface area contributed by atoms with E-state index in [4.69, 9.17) is 9.84 Å². The molecule has 1 aliphatic rings. The number of sulfonamides is 1. The number of carboxylic acid groups (broad SMARTS) is 1. The van der Waals surface area contributed by atoms with Crippen LogP contribution in [0.15, 0.2) is 24.3 Å². The molecule has 7 heteroatoms. The molecule has 1 aromatic carbocycles. The quantitative estimate of drug-likeness (QED) is 0.837. The van der Waals surface area contributed by atoms with Crippen LogP contribution in [0.4, 0.5) is 0 Å². The summed E-state index contributed by atoms with van der Waals surface area (Å²) in [4.78, 5) is 10.5. The molecule has 110 valence electrons. The van der Waals surface area contributed by atoms with Crippen LogP contribution >= 0.6 is 0 Å². The Labute approximate surface area is 118 Å². The van der Waals surface area contributed by atoms with Gasteiger partial charge in [-0.3, -0.25) is 4.79 Å². The Morgan fingerprint density at radius 1 is 1.30 bits per heavy atom. The van der Waals surface area contributed by atoms with Gasteiger partial charge >= 0.3 is 5.97 Å². The van der Waals surface area contributed by atoms with E-state index < -0.39 is 16.0 Å². The van der Waals surface area contributed by atoms with Crippen molar-refractivity contribution in [3.05, 3.63) is 29.8 Å². The highest BCUT2D eigenvalue weighted by molar-refractivity contribution is 7.89. The fraction of sp³-hybridized carbons (Fsp3) is 0.462. The summed E-state index contributed by atoms with van der Waals surface area (Å²) >= 11 is 0. The first-order valence-electron chi connectivity index (χ1n) is 6.39. The van der Waals surface area contributed by atoms with Crippen molar-refractivity contribution in [2.24, 2.45) is 0 Å². The Bertz CT molecular complexity index is 567. The maximum atomic E-state index is 11.6. The van der Waals surface area contributed by atoms with Crippen LogP contribution in [0.5, 0.6) is 5.75 Å². The molecule has 0 amide bonds. The van der Waals surface area contributed by atoms with Crippen molar-refractivity contribution in [1.82, 2.24) is 4.31 Å². The normalized spacial score (nSPS) is 18.0. The number of benzene rings is 1. The standard InChI is InChI=1S/C13H17NO5S/c15-13(16)10-11-2-4-12(5-3-11)19-8-7-14-6-1-9-20(14,17)18/h2-5H,1,6-10H2,(H,15,16). The van der Waals surface area contributed by atoms with Crippen molar-refractivity contribution in [3.63, 3.8) is 0 Å². The summed E-state index contributed by atoms with van der Waals surface area (Å²) in [5, 5.41) is 8.65. The van der Waals surface area contributed by atoms with Gasteiger partial charge in [0.15, 0.2) is 0 Å². The molecule has 0 atom stereocenters. The molecular formula is C13H17NO5S. The van der Waals surface area contributed by atoms with Crippen LogP contribution in [0.3, 0.4) is 0 Å². The number of hydrogen-bond donors (Lipinski definition) is 1. The van der Waals surface area contributed by atoms with E-state index in [2.05, 4.69) is 0 Å². The molecule has 0 unspecified atom stereocenters. The number of aliphatic carboxylic acids is 1. The maximum Gasteiger partial charge on any atom is 0.307 e. The third kappa shape index (κ3) is 3.94. The van der Waals surface area contributed by atoms with Gasteiger partial charge < -0.3 is 9.84 Å². The van der Waals surface area contributed by atoms with E-state index in [1.807, 2.05) is 0 Å². The molecule has 6 nitrogen and oxygen atoms in total. The molecule has 0 aromatic heterocycles. The van der Waals surface area contributed by atoms with E-state index in [-0.39, 0.29) is 18.8 Å². The average Bonchev–Trinajstić information content (AvgIpc) is 2.70. The first-order chi connectivity index (χ1) is 9.47. The third-order valence-electron chi connectivity index (χ3n) is 3.09. The lowest BCUT2D eigenvalue weighted by Gasteiger charge is -2.14. The molecule has 20 heavy (non-hydrogen) atoms. The van der Waals surface area contributed by atoms with Crippen molar-refractivity contribution in [2.45, 2.75) is 12.8 Å². The smallest absolute Gasteiger partial charge is 0.307 e. The summed E-state index contributed by atoms with van der Waals surface area (Å²) in [7, 11) is -3.07. The lowest BCUT2D eigenvalue weighted by atomic mass is 10.1. The minimum Gasteiger partial charge on any atom is -0.492 e. The van der Waals surface area contributed by atoms with Crippen LogP contribution in [-0.2, 0) is 21.2 Å². The lowest BCUT2D eigenvalue weighted by Crippen LogP contribution is -2.30. The lowest BCUT2D eigenvalue weighted by molar-refractivity contribution is -0.136. The van der Waals surface area contributed by atoms with E-state index >= 15 is 0 Å². The van der Waals surface area contributed by atoms with Gasteiger partial charge in [-0.05, 0) is 24.1 Å². The van der Waals surface area contributed by atoms with Crippen LogP contribution < -0.4 is 4.74 Å². The topological polar surface area (TPSA) is 83.9 Å². The molecule has 1 heterocycles. The third-order valence-corrected chi connectivity index (χ3v) is 5.05. The van der Waals surface area contributed by atoms with E-state index in [9.17, 15) is 13.2 Å². The Morgan fingerprint density at radius 3 is 2.55 bits per heavy atom. The van der Waals surface area contributed by atoms with Crippen molar-refractivity contribution >= 4 is 16.0 Å². The maximum absolute atomic E-state index is 11.6. The Balaban J connectivity index is 1.81. The number of ether oxygens (including phenoxy) is 1. The fourth-order valence-corrected chi connectivity index (χ4v) is 3.60. The van der Waals surface area contributed by atoms with Gasteiger partial charge in [0.25, 0.3) is 0 Å². The van der Waals surface area contributed by atoms with E-state index in [1.54, 1.807) is 24.3 Å². The number of hydrogen-bond acceptors (Lipinski definition) is 4. The van der Waals surface area contributed by atoms with Gasteiger partial charge in [0.1, 0.15) is 12.4 Å². The van der Waals surface area contributed by atoms with E-state index in [1.165, 1.54) is 4.31 Å². The highest BCUT2D eigenvalue weighted by atomic mass is 32.2. The second-order valence-corrected chi connectivity index (χ2v) is 6.72. The predicted molar refractivity (Wildman–Crippen MR) is 73.3 cm³/mol. The van der Waals surface area contributed by atoms with E-state index in [0.717, 1.165) is 0 Å². The van der Waals surface area contributed by atoms with Crippen LogP contribution in [0.1, 0.15) is 12.0 Å². The Hall–Kier alpha value is -1.60. The molecular weight excluding hydrogens is 282 g/mol. The number of nitrogens with zero attached hydrogens (tertiary/aromatic N) is 1. The largest absolute Gasteiger partial charge is 0.492 e. The van der Waals surface area contributed by atoms with Gasteiger partial charge in [0.2, 0.25) is 10.0 Å². The number of carbonyl (C=O) groups is 1. The molecule has 0 radical (unpaired) electrons. The summed E-state index contributed by atoms with van der Waals surface area (Å²) in [5.74, 6) is -0.0506. The van der Waals surface area contributed by atoms with Gasteiger partial charge in [0, 0.05) is 13.1 Å². The zero-order valence-electron chi connectivity index (χ0n) is 11.0. The molecule has 2 rings (SSSR count). The molecule has 1 N–H and O–H groups in total. The Morgan fingerprint density at radius 2 is 2.00 bits per heavy atom. The predicted octanol–water partition coefficient (Wildman–Crippen LogP) is 0.728. The second-order valence-electron chi connectivity index (χ2n) is 4.63. The molecule has 0 spiro atoms. The number of rotatable bonds is 6. The molecule has 1 aromatic rings. The first kappa shape index (κ1) is 14.8. The highest BCUT2D eigenvalue weighted by Gasteiger charge is 2.27. The van der Waals surface area contributed by atoms with Crippen LogP contribution in [-0.4, -0.2) is 49.2 Å². The minimum atomic E-state index is -3.07. The van der Waals surface area contributed by atoms with Gasteiger partial charge in [-0.15, -0.1) is 0 Å². The van der Waals surface area contributed by atoms with Crippen molar-refractivity contribution in [2.75, 3.05) is 25.4 Å². The SMILES string of the molecule is O=C(O)Cc1ccc(OCCN2CCCS2(=O)=O)cc1. The average molecular weight is 299 g/mol. The number of carboxylic acids is 1. The molecule has 0 aliphatic carbocycles. The van der Waals surface area contributed by atoms with E-state index in [0.29, 0.717) is 30.8 Å². The summed E-state index contributed by atoms with van der Waals surface area (Å²) < 4.78 is 30.0. The fourth-order valence-electron chi connectivity index (χ4n) is 2.09. The summed E-state index contributed by atoms with van der Waals surface area (Å²) in [5.41, 5.74) is 0.701. The van der Waals surface area contributed by atoms with Crippen molar-refractivity contribution in [1.29, 1.82) is 0 Å². The van der Waals surface area contributed by atoms with Crippen LogP contribution in [0.2, 0.25) is 0 Å².